The topological polar surface area (TPSA) is 138 Å². The standard InChI is InChI=1S/C28H32BrN7O4/c1-28(2,3)40-27(39)32-15-23(37)36-12-11-17-13-19(10-9-18(17)16-36)33-26-31-14-21(29)24(35-26)34-22-8-6-5-7-20(22)25(38)30-4/h5-10,13-14H,11-12,15-16H2,1-4H3,(H,30,38)(H,32,39)(H2,31,33,34,35). The number of nitrogens with zero attached hydrogens (tertiary/aromatic N) is 3. The van der Waals surface area contributed by atoms with E-state index in [1.54, 1.807) is 57.1 Å². The highest BCUT2D eigenvalue weighted by molar-refractivity contribution is 9.10. The van der Waals surface area contributed by atoms with Gasteiger partial charge in [-0.15, -0.1) is 0 Å². The van der Waals surface area contributed by atoms with Crippen LogP contribution in [0.15, 0.2) is 53.1 Å². The molecule has 1 aromatic heterocycles. The van der Waals surface area contributed by atoms with Crippen molar-refractivity contribution in [3.63, 3.8) is 0 Å². The molecular formula is C28H32BrN7O4. The zero-order valence-electron chi connectivity index (χ0n) is 22.8. The van der Waals surface area contributed by atoms with Gasteiger partial charge < -0.3 is 30.9 Å². The molecule has 0 saturated carbocycles. The van der Waals surface area contributed by atoms with Gasteiger partial charge in [-0.1, -0.05) is 18.2 Å². The molecular weight excluding hydrogens is 578 g/mol. The van der Waals surface area contributed by atoms with Gasteiger partial charge in [-0.05, 0) is 78.5 Å². The maximum atomic E-state index is 12.6. The molecule has 0 spiro atoms. The predicted molar refractivity (Wildman–Crippen MR) is 156 cm³/mol. The van der Waals surface area contributed by atoms with Gasteiger partial charge in [0.2, 0.25) is 11.9 Å². The number of fused-ring (bicyclic) bond motifs is 1. The Morgan fingerprint density at radius 2 is 1.85 bits per heavy atom. The highest BCUT2D eigenvalue weighted by Crippen LogP contribution is 2.28. The number of hydrogen-bond donors (Lipinski definition) is 4. The van der Waals surface area contributed by atoms with Gasteiger partial charge in [0, 0.05) is 32.0 Å². The van der Waals surface area contributed by atoms with Crippen molar-refractivity contribution in [1.82, 2.24) is 25.5 Å². The van der Waals surface area contributed by atoms with Crippen molar-refractivity contribution in [2.75, 3.05) is 30.8 Å². The molecule has 40 heavy (non-hydrogen) atoms. The van der Waals surface area contributed by atoms with Crippen LogP contribution in [0.25, 0.3) is 0 Å². The van der Waals surface area contributed by atoms with Crippen molar-refractivity contribution in [3.8, 4) is 0 Å². The van der Waals surface area contributed by atoms with E-state index in [0.29, 0.717) is 47.0 Å². The molecule has 4 rings (SSSR count). The third kappa shape index (κ3) is 7.47. The average Bonchev–Trinajstić information content (AvgIpc) is 2.92. The summed E-state index contributed by atoms with van der Waals surface area (Å²) in [6, 6.07) is 13.1. The summed E-state index contributed by atoms with van der Waals surface area (Å²) in [7, 11) is 1.58. The molecule has 0 atom stereocenters. The van der Waals surface area contributed by atoms with Crippen LogP contribution >= 0.6 is 15.9 Å². The quantitative estimate of drug-likeness (QED) is 0.307. The van der Waals surface area contributed by atoms with Gasteiger partial charge >= 0.3 is 6.09 Å². The summed E-state index contributed by atoms with van der Waals surface area (Å²) in [6.07, 6.45) is 1.69. The van der Waals surface area contributed by atoms with Crippen LogP contribution < -0.4 is 21.3 Å². The summed E-state index contributed by atoms with van der Waals surface area (Å²) in [6.45, 7) is 6.19. The Hall–Kier alpha value is -4.19. The van der Waals surface area contributed by atoms with Crippen LogP contribution in [0.4, 0.5) is 27.9 Å². The number of hydrogen-bond acceptors (Lipinski definition) is 8. The summed E-state index contributed by atoms with van der Waals surface area (Å²) >= 11 is 3.47. The molecule has 1 aliphatic rings. The van der Waals surface area contributed by atoms with Gasteiger partial charge in [0.05, 0.1) is 15.7 Å². The highest BCUT2D eigenvalue weighted by atomic mass is 79.9. The van der Waals surface area contributed by atoms with Gasteiger partial charge in [-0.3, -0.25) is 9.59 Å². The lowest BCUT2D eigenvalue weighted by Crippen LogP contribution is -2.43. The first kappa shape index (κ1) is 28.8. The maximum Gasteiger partial charge on any atom is 0.408 e. The van der Waals surface area contributed by atoms with Crippen molar-refractivity contribution in [2.24, 2.45) is 0 Å². The van der Waals surface area contributed by atoms with Crippen molar-refractivity contribution in [3.05, 3.63) is 69.8 Å². The number of benzene rings is 2. The number of para-hydroxylation sites is 1. The Morgan fingerprint density at radius 3 is 2.60 bits per heavy atom. The summed E-state index contributed by atoms with van der Waals surface area (Å²) in [5.74, 6) is 0.505. The first-order valence-corrected chi connectivity index (χ1v) is 13.6. The zero-order valence-corrected chi connectivity index (χ0v) is 24.4. The number of carbonyl (C=O) groups is 3. The van der Waals surface area contributed by atoms with Crippen LogP contribution in [0.3, 0.4) is 0 Å². The molecule has 4 N–H and O–H groups in total. The second-order valence-corrected chi connectivity index (χ2v) is 11.0. The number of aromatic nitrogens is 2. The van der Waals surface area contributed by atoms with E-state index in [1.807, 2.05) is 24.3 Å². The smallest absolute Gasteiger partial charge is 0.408 e. The third-order valence-electron chi connectivity index (χ3n) is 6.01. The molecule has 0 radical (unpaired) electrons. The number of nitrogens with one attached hydrogen (secondary N) is 4. The molecule has 0 aliphatic carbocycles. The predicted octanol–water partition coefficient (Wildman–Crippen LogP) is 4.50. The van der Waals surface area contributed by atoms with Crippen LogP contribution in [0.5, 0.6) is 0 Å². The molecule has 3 aromatic rings. The van der Waals surface area contributed by atoms with E-state index < -0.39 is 11.7 Å². The van der Waals surface area contributed by atoms with Crippen molar-refractivity contribution >= 4 is 57.0 Å². The number of ether oxygens (including phenoxy) is 1. The lowest BCUT2D eigenvalue weighted by atomic mass is 9.99. The van der Waals surface area contributed by atoms with E-state index in [2.05, 4.69) is 47.2 Å². The first-order chi connectivity index (χ1) is 19.0. The van der Waals surface area contributed by atoms with Gasteiger partial charge in [0.15, 0.2) is 0 Å². The van der Waals surface area contributed by atoms with E-state index in [-0.39, 0.29) is 18.4 Å². The second kappa shape index (κ2) is 12.3. The fourth-order valence-corrected chi connectivity index (χ4v) is 4.40. The van der Waals surface area contributed by atoms with E-state index in [4.69, 9.17) is 4.74 Å². The monoisotopic (exact) mass is 609 g/mol. The average molecular weight is 611 g/mol. The van der Waals surface area contributed by atoms with Crippen LogP contribution in [-0.4, -0.2) is 58.5 Å². The number of amides is 3. The maximum absolute atomic E-state index is 12.6. The fraction of sp³-hybridized carbons (Fsp3) is 0.321. The van der Waals surface area contributed by atoms with Crippen LogP contribution in [0.1, 0.15) is 42.3 Å². The van der Waals surface area contributed by atoms with Crippen molar-refractivity contribution < 1.29 is 19.1 Å². The minimum Gasteiger partial charge on any atom is -0.444 e. The van der Waals surface area contributed by atoms with Gasteiger partial charge in [-0.2, -0.15) is 4.98 Å². The van der Waals surface area contributed by atoms with Crippen LogP contribution in [0.2, 0.25) is 0 Å². The Labute approximate surface area is 241 Å². The van der Waals surface area contributed by atoms with E-state index in [9.17, 15) is 14.4 Å². The number of anilines is 4. The summed E-state index contributed by atoms with van der Waals surface area (Å²) in [5, 5.41) is 11.6. The molecule has 0 saturated heterocycles. The molecule has 1 aliphatic heterocycles. The molecule has 12 heteroatoms. The minimum atomic E-state index is -0.624. The Balaban J connectivity index is 1.40. The molecule has 2 aromatic carbocycles. The number of carbonyl (C=O) groups excluding carboxylic acids is 3. The Bertz CT molecular complexity index is 1420. The lowest BCUT2D eigenvalue weighted by Gasteiger charge is -2.29. The Morgan fingerprint density at radius 1 is 1.07 bits per heavy atom. The number of halogens is 1. The largest absolute Gasteiger partial charge is 0.444 e. The van der Waals surface area contributed by atoms with Crippen LogP contribution in [-0.2, 0) is 22.5 Å². The number of rotatable bonds is 7. The molecule has 3 amide bonds. The van der Waals surface area contributed by atoms with Crippen molar-refractivity contribution in [1.29, 1.82) is 0 Å². The normalized spacial score (nSPS) is 12.7. The van der Waals surface area contributed by atoms with Crippen LogP contribution in [0, 0.1) is 0 Å². The van der Waals surface area contributed by atoms with Gasteiger partial charge in [-0.25, -0.2) is 9.78 Å². The summed E-state index contributed by atoms with van der Waals surface area (Å²) in [5.41, 5.74) is 3.44. The highest BCUT2D eigenvalue weighted by Gasteiger charge is 2.23. The van der Waals surface area contributed by atoms with Crippen molar-refractivity contribution in [2.45, 2.75) is 39.3 Å². The summed E-state index contributed by atoms with van der Waals surface area (Å²) in [4.78, 5) is 47.4. The SMILES string of the molecule is CNC(=O)c1ccccc1Nc1nc(Nc2ccc3c(c2)CCN(C(=O)CNC(=O)OC(C)(C)C)C3)ncc1Br. The molecule has 0 fully saturated rings. The summed E-state index contributed by atoms with van der Waals surface area (Å²) < 4.78 is 5.84. The van der Waals surface area contributed by atoms with E-state index >= 15 is 0 Å². The Kier molecular flexibility index (Phi) is 8.88. The number of alkyl carbamates (subject to hydrolysis) is 1. The molecule has 0 bridgehead atoms. The molecule has 2 heterocycles. The first-order valence-electron chi connectivity index (χ1n) is 12.8. The fourth-order valence-electron chi connectivity index (χ4n) is 4.11. The van der Waals surface area contributed by atoms with E-state index in [0.717, 1.165) is 16.8 Å². The zero-order chi connectivity index (χ0) is 28.9. The minimum absolute atomic E-state index is 0.116. The molecule has 210 valence electrons. The van der Waals surface area contributed by atoms with E-state index in [1.165, 1.54) is 0 Å². The third-order valence-corrected chi connectivity index (χ3v) is 6.59. The lowest BCUT2D eigenvalue weighted by molar-refractivity contribution is -0.131. The second-order valence-electron chi connectivity index (χ2n) is 10.2. The van der Waals surface area contributed by atoms with Gasteiger partial charge in [0.25, 0.3) is 5.91 Å². The van der Waals surface area contributed by atoms with Gasteiger partial charge in [0.1, 0.15) is 18.0 Å². The molecule has 11 nitrogen and oxygen atoms in total. The molecule has 0 unspecified atom stereocenters.